The topological polar surface area (TPSA) is 0 Å². The molecule has 1 heteroatoms. The average molecular weight is 128 g/mol. The van der Waals surface area contributed by atoms with E-state index < -0.39 is 0 Å². The highest BCUT2D eigenvalue weighted by Gasteiger charge is 1.91. The summed E-state index contributed by atoms with van der Waals surface area (Å²) in [7, 11) is 3.26. The van der Waals surface area contributed by atoms with Crippen molar-refractivity contribution in [3.8, 4) is 0 Å². The lowest BCUT2D eigenvalue weighted by atomic mass is 10.1. The van der Waals surface area contributed by atoms with Gasteiger partial charge in [0.2, 0.25) is 0 Å². The fourth-order valence-electron chi connectivity index (χ4n) is 0.324. The van der Waals surface area contributed by atoms with Gasteiger partial charge in [0.15, 0.2) is 0 Å². The molecule has 0 fully saturated rings. The van der Waals surface area contributed by atoms with E-state index in [4.69, 9.17) is 0 Å². The molecule has 0 atom stereocenters. The molecule has 0 saturated carbocycles. The molecule has 0 saturated heterocycles. The van der Waals surface area contributed by atoms with Crippen LogP contribution in [0.5, 0.6) is 0 Å². The van der Waals surface area contributed by atoms with Crippen LogP contribution in [0.3, 0.4) is 0 Å². The van der Waals surface area contributed by atoms with Crippen LogP contribution in [0.2, 0.25) is 0 Å². The number of hydrogen-bond donors (Lipinski definition) is 0. The highest BCUT2D eigenvalue weighted by atomic mass is 31.0. The second-order valence-electron chi connectivity index (χ2n) is 2.23. The zero-order valence-corrected chi connectivity index (χ0v) is 6.73. The van der Waals surface area contributed by atoms with Crippen molar-refractivity contribution in [1.29, 1.82) is 0 Å². The summed E-state index contributed by atoms with van der Waals surface area (Å²) < 4.78 is 0. The van der Waals surface area contributed by atoms with Crippen molar-refractivity contribution in [3.05, 3.63) is 11.6 Å². The molecule has 0 unspecified atom stereocenters. The summed E-state index contributed by atoms with van der Waals surface area (Å²) in [6.45, 7) is 6.49. The highest BCUT2D eigenvalue weighted by Crippen LogP contribution is 2.05. The Morgan fingerprint density at radius 2 is 2.00 bits per heavy atom. The van der Waals surface area contributed by atoms with Gasteiger partial charge in [-0.1, -0.05) is 25.5 Å². The Bertz CT molecular complexity index is 101. The van der Waals surface area contributed by atoms with Crippen LogP contribution in [-0.4, -0.2) is 5.80 Å². The Balaban J connectivity index is 3.78. The third-order valence-corrected chi connectivity index (χ3v) is 1.42. The molecule has 0 aromatic heterocycles. The Morgan fingerprint density at radius 1 is 1.50 bits per heavy atom. The molecule has 0 aliphatic rings. The zero-order chi connectivity index (χ0) is 6.57. The molecule has 0 rings (SSSR count). The van der Waals surface area contributed by atoms with Gasteiger partial charge in [-0.2, -0.15) is 0 Å². The van der Waals surface area contributed by atoms with E-state index in [1.54, 1.807) is 0 Å². The minimum absolute atomic E-state index is 0.669. The Labute approximate surface area is 53.8 Å². The number of rotatable bonds is 2. The Kier molecular flexibility index (Phi) is 3.81. The van der Waals surface area contributed by atoms with Crippen LogP contribution in [0.15, 0.2) is 11.6 Å². The van der Waals surface area contributed by atoms with Gasteiger partial charge in [0.05, 0.1) is 0 Å². The van der Waals surface area contributed by atoms with Gasteiger partial charge in [-0.25, -0.2) is 0 Å². The van der Waals surface area contributed by atoms with Gasteiger partial charge in [0.25, 0.3) is 0 Å². The molecule has 0 aromatic carbocycles. The van der Waals surface area contributed by atoms with Crippen molar-refractivity contribution in [3.63, 3.8) is 0 Å². The van der Waals surface area contributed by atoms with Gasteiger partial charge in [-0.3, -0.25) is 0 Å². The predicted octanol–water partition coefficient (Wildman–Crippen LogP) is 2.53. The van der Waals surface area contributed by atoms with Gasteiger partial charge in [0, 0.05) is 0 Å². The fraction of sp³-hybridized carbons (Fsp3) is 0.571. The van der Waals surface area contributed by atoms with Gasteiger partial charge in [-0.05, 0) is 18.6 Å². The first kappa shape index (κ1) is 7.91. The lowest BCUT2D eigenvalue weighted by molar-refractivity contribution is 0.771. The molecular formula is C7H13P. The molecule has 46 valence electrons. The lowest BCUT2D eigenvalue weighted by Crippen LogP contribution is -1.87. The van der Waals surface area contributed by atoms with E-state index in [0.717, 1.165) is 0 Å². The smallest absolute Gasteiger partial charge is 0.0260 e. The molecule has 0 N–H and O–H groups in total. The number of hydrogen-bond acceptors (Lipinski definition) is 0. The third-order valence-electron chi connectivity index (χ3n) is 1.26. The standard InChI is InChI=1S/C7H13P/c1-6(2)7(3)4-5-8/h4-6,8H,1-3H3/b7-4+. The summed E-state index contributed by atoms with van der Waals surface area (Å²) in [6, 6.07) is 0. The maximum Gasteiger partial charge on any atom is -0.0260 e. The van der Waals surface area contributed by atoms with E-state index in [0.29, 0.717) is 5.92 Å². The SMILES string of the molecule is C/C(=C\C=P)C(C)C. The second-order valence-corrected chi connectivity index (χ2v) is 2.57. The average Bonchev–Trinajstić information content (AvgIpc) is 1.67. The van der Waals surface area contributed by atoms with E-state index in [-0.39, 0.29) is 0 Å². The molecule has 0 radical (unpaired) electrons. The van der Waals surface area contributed by atoms with E-state index in [9.17, 15) is 0 Å². The van der Waals surface area contributed by atoms with Gasteiger partial charge >= 0.3 is 0 Å². The van der Waals surface area contributed by atoms with Gasteiger partial charge in [-0.15, -0.1) is 8.86 Å². The molecule has 8 heavy (non-hydrogen) atoms. The van der Waals surface area contributed by atoms with Gasteiger partial charge in [0.1, 0.15) is 0 Å². The van der Waals surface area contributed by atoms with Crippen molar-refractivity contribution < 1.29 is 0 Å². The van der Waals surface area contributed by atoms with Crippen LogP contribution in [-0.2, 0) is 0 Å². The van der Waals surface area contributed by atoms with Crippen LogP contribution in [0, 0.1) is 5.92 Å². The van der Waals surface area contributed by atoms with Crippen LogP contribution >= 0.6 is 8.86 Å². The molecule has 0 amide bonds. The van der Waals surface area contributed by atoms with Crippen molar-refractivity contribution >= 4 is 14.7 Å². The molecule has 0 bridgehead atoms. The molecule has 0 aliphatic carbocycles. The van der Waals surface area contributed by atoms with E-state index in [1.165, 1.54) is 5.57 Å². The quantitative estimate of drug-likeness (QED) is 0.501. The second kappa shape index (κ2) is 3.86. The molecule has 0 aliphatic heterocycles. The summed E-state index contributed by atoms with van der Waals surface area (Å²) in [5.41, 5.74) is 1.40. The Hall–Kier alpha value is -0.0900. The monoisotopic (exact) mass is 128 g/mol. The summed E-state index contributed by atoms with van der Waals surface area (Å²) in [5.74, 6) is 2.55. The molecular weight excluding hydrogens is 115 g/mol. The first-order valence-electron chi connectivity index (χ1n) is 2.85. The van der Waals surface area contributed by atoms with Crippen molar-refractivity contribution in [2.24, 2.45) is 5.92 Å². The molecule has 0 spiro atoms. The highest BCUT2D eigenvalue weighted by molar-refractivity contribution is 7.18. The van der Waals surface area contributed by atoms with Crippen molar-refractivity contribution in [1.82, 2.24) is 0 Å². The minimum Gasteiger partial charge on any atom is -0.122 e. The predicted molar refractivity (Wildman–Crippen MR) is 43.0 cm³/mol. The third kappa shape index (κ3) is 2.98. The summed E-state index contributed by atoms with van der Waals surface area (Å²) in [6.07, 6.45) is 2.07. The first-order chi connectivity index (χ1) is 3.68. The first-order valence-corrected chi connectivity index (χ1v) is 3.43. The van der Waals surface area contributed by atoms with Crippen LogP contribution in [0.1, 0.15) is 20.8 Å². The fourth-order valence-corrected chi connectivity index (χ4v) is 0.587. The lowest BCUT2D eigenvalue weighted by Gasteiger charge is -2.00. The van der Waals surface area contributed by atoms with Crippen LogP contribution in [0.4, 0.5) is 0 Å². The maximum atomic E-state index is 3.26. The summed E-state index contributed by atoms with van der Waals surface area (Å²) in [4.78, 5) is 0. The molecule has 0 nitrogen and oxygen atoms in total. The maximum absolute atomic E-state index is 3.26. The van der Waals surface area contributed by atoms with Crippen molar-refractivity contribution in [2.75, 3.05) is 0 Å². The molecule has 0 aromatic rings. The summed E-state index contributed by atoms with van der Waals surface area (Å²) in [5, 5.41) is 0. The number of allylic oxidation sites excluding steroid dienone is 2. The van der Waals surface area contributed by atoms with E-state index in [1.807, 2.05) is 5.80 Å². The summed E-state index contributed by atoms with van der Waals surface area (Å²) >= 11 is 0. The zero-order valence-electron chi connectivity index (χ0n) is 5.73. The van der Waals surface area contributed by atoms with E-state index >= 15 is 0 Å². The van der Waals surface area contributed by atoms with Crippen LogP contribution in [0.25, 0.3) is 0 Å². The van der Waals surface area contributed by atoms with Crippen molar-refractivity contribution in [2.45, 2.75) is 20.8 Å². The Morgan fingerprint density at radius 3 is 2.12 bits per heavy atom. The molecule has 0 heterocycles. The van der Waals surface area contributed by atoms with Crippen LogP contribution < -0.4 is 0 Å². The largest absolute Gasteiger partial charge is 0.122 e. The van der Waals surface area contributed by atoms with Gasteiger partial charge < -0.3 is 0 Å². The minimum atomic E-state index is 0.669. The normalized spacial score (nSPS) is 12.2. The van der Waals surface area contributed by atoms with E-state index in [2.05, 4.69) is 35.7 Å².